The molecule has 0 radical (unpaired) electrons. The third kappa shape index (κ3) is 4.25. The van der Waals surface area contributed by atoms with Gasteiger partial charge < -0.3 is 20.7 Å². The Hall–Kier alpha value is -4.14. The highest BCUT2D eigenvalue weighted by Gasteiger charge is 2.35. The van der Waals surface area contributed by atoms with Crippen LogP contribution in [0.1, 0.15) is 19.4 Å². The number of rotatable bonds is 6. The van der Waals surface area contributed by atoms with Crippen LogP contribution in [0.25, 0.3) is 11.1 Å². The largest absolute Gasteiger partial charge is 0.497 e. The fourth-order valence-electron chi connectivity index (χ4n) is 3.44. The van der Waals surface area contributed by atoms with Crippen LogP contribution in [0.4, 0.5) is 17.2 Å². The lowest BCUT2D eigenvalue weighted by atomic mass is 10.1. The van der Waals surface area contributed by atoms with E-state index in [1.54, 1.807) is 37.6 Å². The summed E-state index contributed by atoms with van der Waals surface area (Å²) in [6.45, 7) is 1.42. The first-order chi connectivity index (χ1) is 14.9. The SMILES string of the molecule is COc1cccc(-c2cnn3c2NC(=O)C3CC(=O)Nc2ccc(NC(C)=O)cc2)c1. The molecule has 1 unspecified atom stereocenters. The van der Waals surface area contributed by atoms with Gasteiger partial charge in [0, 0.05) is 23.9 Å². The van der Waals surface area contributed by atoms with Gasteiger partial charge in [0.2, 0.25) is 11.8 Å². The zero-order valence-corrected chi connectivity index (χ0v) is 17.0. The smallest absolute Gasteiger partial charge is 0.251 e. The Labute approximate surface area is 178 Å². The van der Waals surface area contributed by atoms with Gasteiger partial charge >= 0.3 is 0 Å². The Morgan fingerprint density at radius 2 is 1.84 bits per heavy atom. The Morgan fingerprint density at radius 1 is 1.13 bits per heavy atom. The number of ether oxygens (including phenoxy) is 1. The molecule has 1 aliphatic heterocycles. The summed E-state index contributed by atoms with van der Waals surface area (Å²) in [7, 11) is 1.59. The van der Waals surface area contributed by atoms with Gasteiger partial charge in [-0.05, 0) is 42.0 Å². The monoisotopic (exact) mass is 419 g/mol. The van der Waals surface area contributed by atoms with Crippen molar-refractivity contribution in [3.05, 3.63) is 54.7 Å². The molecule has 4 rings (SSSR count). The molecule has 3 amide bonds. The van der Waals surface area contributed by atoms with Crippen LogP contribution in [0.3, 0.4) is 0 Å². The summed E-state index contributed by atoms with van der Waals surface area (Å²) in [6, 6.07) is 13.4. The molecule has 2 aromatic carbocycles. The number of methoxy groups -OCH3 is 1. The fraction of sp³-hybridized carbons (Fsp3) is 0.182. The molecule has 1 aromatic heterocycles. The van der Waals surface area contributed by atoms with Crippen LogP contribution in [0.2, 0.25) is 0 Å². The van der Waals surface area contributed by atoms with Crippen molar-refractivity contribution in [1.29, 1.82) is 0 Å². The van der Waals surface area contributed by atoms with E-state index in [0.717, 1.165) is 11.1 Å². The quantitative estimate of drug-likeness (QED) is 0.568. The number of amides is 3. The highest BCUT2D eigenvalue weighted by atomic mass is 16.5. The van der Waals surface area contributed by atoms with E-state index in [9.17, 15) is 14.4 Å². The molecule has 3 aromatic rings. The first kappa shape index (κ1) is 20.1. The maximum absolute atomic E-state index is 12.5. The molecule has 0 saturated heterocycles. The van der Waals surface area contributed by atoms with Crippen LogP contribution in [0.15, 0.2) is 54.7 Å². The summed E-state index contributed by atoms with van der Waals surface area (Å²) in [5.74, 6) is 0.465. The van der Waals surface area contributed by atoms with Crippen molar-refractivity contribution in [3.8, 4) is 16.9 Å². The number of hydrogen-bond acceptors (Lipinski definition) is 5. The van der Waals surface area contributed by atoms with Gasteiger partial charge in [-0.25, -0.2) is 4.68 Å². The van der Waals surface area contributed by atoms with E-state index in [-0.39, 0.29) is 24.1 Å². The van der Waals surface area contributed by atoms with E-state index in [1.807, 2.05) is 24.3 Å². The molecule has 2 heterocycles. The molecule has 158 valence electrons. The summed E-state index contributed by atoms with van der Waals surface area (Å²) in [6.07, 6.45) is 1.60. The van der Waals surface area contributed by atoms with Crippen LogP contribution in [-0.2, 0) is 14.4 Å². The van der Waals surface area contributed by atoms with Gasteiger partial charge in [-0.15, -0.1) is 0 Å². The van der Waals surface area contributed by atoms with E-state index in [1.165, 1.54) is 11.6 Å². The number of hydrogen-bond donors (Lipinski definition) is 3. The lowest BCUT2D eigenvalue weighted by molar-refractivity contribution is -0.123. The molecule has 0 aliphatic carbocycles. The number of anilines is 3. The van der Waals surface area contributed by atoms with Crippen molar-refractivity contribution in [2.45, 2.75) is 19.4 Å². The number of fused-ring (bicyclic) bond motifs is 1. The van der Waals surface area contributed by atoms with Crippen molar-refractivity contribution in [2.75, 3.05) is 23.1 Å². The van der Waals surface area contributed by atoms with E-state index in [4.69, 9.17) is 4.74 Å². The molecular weight excluding hydrogens is 398 g/mol. The van der Waals surface area contributed by atoms with Crippen molar-refractivity contribution < 1.29 is 19.1 Å². The Morgan fingerprint density at radius 3 is 2.52 bits per heavy atom. The fourth-order valence-corrected chi connectivity index (χ4v) is 3.44. The predicted molar refractivity (Wildman–Crippen MR) is 116 cm³/mol. The number of nitrogens with one attached hydrogen (secondary N) is 3. The van der Waals surface area contributed by atoms with Crippen LogP contribution < -0.4 is 20.7 Å². The average molecular weight is 419 g/mol. The van der Waals surface area contributed by atoms with Crippen molar-refractivity contribution in [3.63, 3.8) is 0 Å². The van der Waals surface area contributed by atoms with Crippen molar-refractivity contribution in [1.82, 2.24) is 9.78 Å². The number of carbonyl (C=O) groups excluding carboxylic acids is 3. The second kappa shape index (κ2) is 8.31. The van der Waals surface area contributed by atoms with Crippen LogP contribution in [0, 0.1) is 0 Å². The number of carbonyl (C=O) groups is 3. The van der Waals surface area contributed by atoms with Crippen LogP contribution >= 0.6 is 0 Å². The van der Waals surface area contributed by atoms with Gasteiger partial charge in [-0.2, -0.15) is 5.10 Å². The topological polar surface area (TPSA) is 114 Å². The molecule has 1 aliphatic rings. The zero-order chi connectivity index (χ0) is 22.0. The number of benzene rings is 2. The van der Waals surface area contributed by atoms with E-state index in [0.29, 0.717) is 22.9 Å². The third-order valence-electron chi connectivity index (χ3n) is 4.88. The first-order valence-electron chi connectivity index (χ1n) is 9.65. The number of nitrogens with zero attached hydrogens (tertiary/aromatic N) is 2. The minimum Gasteiger partial charge on any atom is -0.497 e. The lowest BCUT2D eigenvalue weighted by Gasteiger charge is -2.10. The molecule has 9 nitrogen and oxygen atoms in total. The van der Waals surface area contributed by atoms with Crippen LogP contribution in [-0.4, -0.2) is 34.6 Å². The highest BCUT2D eigenvalue weighted by molar-refractivity contribution is 6.04. The van der Waals surface area contributed by atoms with Crippen LogP contribution in [0.5, 0.6) is 5.75 Å². The van der Waals surface area contributed by atoms with Gasteiger partial charge in [0.25, 0.3) is 5.91 Å². The maximum atomic E-state index is 12.5. The van der Waals surface area contributed by atoms with Gasteiger partial charge in [0.15, 0.2) is 0 Å². The third-order valence-corrected chi connectivity index (χ3v) is 4.88. The first-order valence-corrected chi connectivity index (χ1v) is 9.65. The summed E-state index contributed by atoms with van der Waals surface area (Å²) < 4.78 is 6.80. The molecule has 31 heavy (non-hydrogen) atoms. The normalized spacial score (nSPS) is 14.5. The summed E-state index contributed by atoms with van der Waals surface area (Å²) in [5, 5.41) is 12.6. The zero-order valence-electron chi connectivity index (χ0n) is 17.0. The van der Waals surface area contributed by atoms with Crippen molar-refractivity contribution >= 4 is 34.9 Å². The van der Waals surface area contributed by atoms with Gasteiger partial charge in [-0.3, -0.25) is 14.4 Å². The van der Waals surface area contributed by atoms with E-state index >= 15 is 0 Å². The predicted octanol–water partition coefficient (Wildman–Crippen LogP) is 3.04. The standard InChI is InChI=1S/C22H21N5O4/c1-13(28)24-15-6-8-16(9-7-15)25-20(29)11-19-22(30)26-21-18(12-23-27(19)21)14-4-3-5-17(10-14)31-2/h3-10,12,19H,11H2,1-2H3,(H,24,28)(H,25,29)(H,26,30). The second-order valence-corrected chi connectivity index (χ2v) is 7.10. The van der Waals surface area contributed by atoms with E-state index in [2.05, 4.69) is 21.0 Å². The van der Waals surface area contributed by atoms with Gasteiger partial charge in [0.05, 0.1) is 19.7 Å². The Bertz CT molecular complexity index is 1150. The number of aromatic nitrogens is 2. The Balaban J connectivity index is 1.47. The van der Waals surface area contributed by atoms with E-state index < -0.39 is 6.04 Å². The maximum Gasteiger partial charge on any atom is 0.251 e. The van der Waals surface area contributed by atoms with Gasteiger partial charge in [-0.1, -0.05) is 12.1 Å². The molecular formula is C22H21N5O4. The highest BCUT2D eigenvalue weighted by Crippen LogP contribution is 2.36. The average Bonchev–Trinajstić information content (AvgIpc) is 3.28. The van der Waals surface area contributed by atoms with Gasteiger partial charge in [0.1, 0.15) is 17.6 Å². The summed E-state index contributed by atoms with van der Waals surface area (Å²) in [5.41, 5.74) is 2.80. The molecule has 9 heteroatoms. The van der Waals surface area contributed by atoms with Crippen molar-refractivity contribution in [2.24, 2.45) is 0 Å². The minimum atomic E-state index is -0.743. The minimum absolute atomic E-state index is 0.0640. The molecule has 0 spiro atoms. The molecule has 0 fully saturated rings. The molecule has 3 N–H and O–H groups in total. The molecule has 0 saturated carbocycles. The Kier molecular flexibility index (Phi) is 5.40. The summed E-state index contributed by atoms with van der Waals surface area (Å²) >= 11 is 0. The molecule has 0 bridgehead atoms. The molecule has 1 atom stereocenters. The lowest BCUT2D eigenvalue weighted by Crippen LogP contribution is -2.23. The second-order valence-electron chi connectivity index (χ2n) is 7.10. The summed E-state index contributed by atoms with van der Waals surface area (Å²) in [4.78, 5) is 36.1.